The predicted molar refractivity (Wildman–Crippen MR) is 83.3 cm³/mol. The van der Waals surface area contributed by atoms with E-state index in [0.717, 1.165) is 28.3 Å². The second kappa shape index (κ2) is 5.97. The molecule has 0 aliphatic rings. The van der Waals surface area contributed by atoms with Crippen LogP contribution in [-0.4, -0.2) is 14.0 Å². The molecular weight excluding hydrogens is 294 g/mol. The summed E-state index contributed by atoms with van der Waals surface area (Å²) in [5.74, 6) is 0.353. The molecule has 2 rings (SSSR count). The molecule has 4 nitrogen and oxygen atoms in total. The van der Waals surface area contributed by atoms with E-state index >= 15 is 0 Å². The van der Waals surface area contributed by atoms with Crippen LogP contribution in [0.2, 0.25) is 5.02 Å². The first kappa shape index (κ1) is 15.1. The number of halogens is 1. The average Bonchev–Trinajstić information content (AvgIpc) is 2.69. The zero-order valence-electron chi connectivity index (χ0n) is 11.8. The summed E-state index contributed by atoms with van der Waals surface area (Å²) < 4.78 is 14.2. The molecule has 0 amide bonds. The van der Waals surface area contributed by atoms with Crippen LogP contribution in [0.3, 0.4) is 0 Å². The van der Waals surface area contributed by atoms with Crippen molar-refractivity contribution in [3.63, 3.8) is 0 Å². The van der Waals surface area contributed by atoms with Gasteiger partial charge in [0, 0.05) is 17.6 Å². The third kappa shape index (κ3) is 2.88. The molecule has 0 radical (unpaired) electrons. The van der Waals surface area contributed by atoms with Crippen molar-refractivity contribution < 1.29 is 4.21 Å². The lowest BCUT2D eigenvalue weighted by molar-refractivity contribution is 0.675. The van der Waals surface area contributed by atoms with Crippen LogP contribution in [0.25, 0.3) is 0 Å². The zero-order valence-corrected chi connectivity index (χ0v) is 13.4. The Labute approximate surface area is 126 Å². The lowest BCUT2D eigenvalue weighted by Crippen LogP contribution is -2.04. The first-order valence-corrected chi connectivity index (χ1v) is 8.08. The maximum atomic E-state index is 12.5. The molecule has 2 N–H and O–H groups in total. The Morgan fingerprint density at radius 1 is 1.45 bits per heavy atom. The smallest absolute Gasteiger partial charge is 0.0859 e. The molecule has 0 saturated heterocycles. The van der Waals surface area contributed by atoms with E-state index in [9.17, 15) is 4.21 Å². The van der Waals surface area contributed by atoms with Crippen molar-refractivity contribution in [1.82, 2.24) is 9.78 Å². The number of nitrogen functional groups attached to an aromatic ring is 1. The van der Waals surface area contributed by atoms with Crippen LogP contribution in [0.5, 0.6) is 0 Å². The van der Waals surface area contributed by atoms with Gasteiger partial charge in [0.2, 0.25) is 0 Å². The van der Waals surface area contributed by atoms with Gasteiger partial charge in [0.05, 0.1) is 33.0 Å². The number of aryl methyl sites for hydroxylation is 3. The summed E-state index contributed by atoms with van der Waals surface area (Å²) in [6.45, 7) is 3.90. The molecule has 108 valence electrons. The minimum Gasteiger partial charge on any atom is -0.399 e. The summed E-state index contributed by atoms with van der Waals surface area (Å²) in [4.78, 5) is 0.756. The molecule has 0 aliphatic carbocycles. The van der Waals surface area contributed by atoms with E-state index in [1.807, 2.05) is 27.0 Å². The summed E-state index contributed by atoms with van der Waals surface area (Å²) in [6.07, 6.45) is 0.764. The molecule has 0 spiro atoms. The predicted octanol–water partition coefficient (Wildman–Crippen LogP) is 2.83. The van der Waals surface area contributed by atoms with E-state index in [-0.39, 0.29) is 0 Å². The molecule has 1 aromatic heterocycles. The molecule has 1 atom stereocenters. The van der Waals surface area contributed by atoms with Crippen molar-refractivity contribution in [2.75, 3.05) is 5.73 Å². The van der Waals surface area contributed by atoms with E-state index in [1.54, 1.807) is 16.8 Å². The number of aromatic nitrogens is 2. The largest absolute Gasteiger partial charge is 0.399 e. The molecular formula is C14H18ClN3OS. The first-order chi connectivity index (χ1) is 9.43. The highest BCUT2D eigenvalue weighted by Gasteiger charge is 2.16. The Hall–Kier alpha value is -1.33. The molecule has 0 saturated carbocycles. The van der Waals surface area contributed by atoms with Gasteiger partial charge < -0.3 is 5.73 Å². The Morgan fingerprint density at radius 3 is 2.70 bits per heavy atom. The fourth-order valence-electron chi connectivity index (χ4n) is 1.97. The number of hydrogen-bond acceptors (Lipinski definition) is 3. The van der Waals surface area contributed by atoms with Gasteiger partial charge >= 0.3 is 0 Å². The van der Waals surface area contributed by atoms with Crippen molar-refractivity contribution >= 4 is 28.1 Å². The zero-order chi connectivity index (χ0) is 14.9. The maximum absolute atomic E-state index is 12.5. The number of anilines is 1. The second-order valence-corrected chi connectivity index (χ2v) is 6.52. The van der Waals surface area contributed by atoms with Gasteiger partial charge in [-0.3, -0.25) is 8.89 Å². The quantitative estimate of drug-likeness (QED) is 0.883. The third-order valence-electron chi connectivity index (χ3n) is 3.27. The lowest BCUT2D eigenvalue weighted by atomic mass is 10.2. The molecule has 1 aromatic carbocycles. The second-order valence-electron chi connectivity index (χ2n) is 4.69. The molecule has 0 fully saturated rings. The van der Waals surface area contributed by atoms with Gasteiger partial charge in [-0.1, -0.05) is 18.5 Å². The van der Waals surface area contributed by atoms with Gasteiger partial charge in [0.1, 0.15) is 0 Å². The summed E-state index contributed by atoms with van der Waals surface area (Å²) in [6, 6.07) is 5.44. The Balaban J connectivity index is 2.28. The number of rotatable bonds is 4. The number of benzene rings is 1. The van der Waals surface area contributed by atoms with Gasteiger partial charge in [-0.2, -0.15) is 5.10 Å². The van der Waals surface area contributed by atoms with Gasteiger partial charge in [-0.15, -0.1) is 0 Å². The summed E-state index contributed by atoms with van der Waals surface area (Å²) >= 11 is 6.28. The number of nitrogens with two attached hydrogens (primary N) is 1. The summed E-state index contributed by atoms with van der Waals surface area (Å²) in [7, 11) is 0.662. The van der Waals surface area contributed by atoms with E-state index in [1.165, 1.54) is 0 Å². The minimum absolute atomic E-state index is 0.353. The third-order valence-corrected chi connectivity index (χ3v) is 5.03. The van der Waals surface area contributed by atoms with Crippen LogP contribution in [0.15, 0.2) is 23.1 Å². The van der Waals surface area contributed by atoms with Gasteiger partial charge in [-0.05, 0) is 37.1 Å². The Morgan fingerprint density at radius 2 is 2.15 bits per heavy atom. The van der Waals surface area contributed by atoms with Crippen LogP contribution >= 0.6 is 11.6 Å². The minimum atomic E-state index is -1.16. The monoisotopic (exact) mass is 311 g/mol. The molecule has 20 heavy (non-hydrogen) atoms. The highest BCUT2D eigenvalue weighted by atomic mass is 35.5. The van der Waals surface area contributed by atoms with Crippen molar-refractivity contribution in [1.29, 1.82) is 0 Å². The van der Waals surface area contributed by atoms with Crippen LogP contribution in [0.4, 0.5) is 5.69 Å². The van der Waals surface area contributed by atoms with E-state index in [0.29, 0.717) is 16.5 Å². The maximum Gasteiger partial charge on any atom is 0.0859 e. The van der Waals surface area contributed by atoms with Gasteiger partial charge in [0.25, 0.3) is 0 Å². The average molecular weight is 312 g/mol. The SMILES string of the molecule is CCc1nn(C)c(CS(=O)c2ccc(N)c(C)c2)c1Cl. The fourth-order valence-corrected chi connectivity index (χ4v) is 3.69. The first-order valence-electron chi connectivity index (χ1n) is 6.38. The number of nitrogens with zero attached hydrogens (tertiary/aromatic N) is 2. The Bertz CT molecular complexity index is 667. The van der Waals surface area contributed by atoms with Gasteiger partial charge in [-0.25, -0.2) is 0 Å². The molecule has 2 aromatic rings. The standard InChI is InChI=1S/C14H18ClN3OS/c1-4-12-14(15)13(18(3)17-12)8-20(19)10-5-6-11(16)9(2)7-10/h5-7H,4,8,16H2,1-3H3. The van der Waals surface area contributed by atoms with E-state index in [4.69, 9.17) is 17.3 Å². The highest BCUT2D eigenvalue weighted by Crippen LogP contribution is 2.24. The van der Waals surface area contributed by atoms with Crippen LogP contribution in [0.1, 0.15) is 23.9 Å². The van der Waals surface area contributed by atoms with Crippen molar-refractivity contribution in [2.45, 2.75) is 30.9 Å². The number of hydrogen-bond donors (Lipinski definition) is 1. The van der Waals surface area contributed by atoms with Gasteiger partial charge in [0.15, 0.2) is 0 Å². The van der Waals surface area contributed by atoms with E-state index < -0.39 is 10.8 Å². The molecule has 0 bridgehead atoms. The Kier molecular flexibility index (Phi) is 4.50. The fraction of sp³-hybridized carbons (Fsp3) is 0.357. The van der Waals surface area contributed by atoms with Crippen LogP contribution < -0.4 is 5.73 Å². The molecule has 1 unspecified atom stereocenters. The van der Waals surface area contributed by atoms with E-state index in [2.05, 4.69) is 5.10 Å². The molecule has 1 heterocycles. The summed E-state index contributed by atoms with van der Waals surface area (Å²) in [5, 5.41) is 4.96. The topological polar surface area (TPSA) is 60.9 Å². The molecule has 6 heteroatoms. The van der Waals surface area contributed by atoms with Crippen LogP contribution in [0, 0.1) is 6.92 Å². The highest BCUT2D eigenvalue weighted by molar-refractivity contribution is 7.84. The van der Waals surface area contributed by atoms with Crippen molar-refractivity contribution in [3.05, 3.63) is 40.2 Å². The van der Waals surface area contributed by atoms with Crippen LogP contribution in [-0.2, 0) is 30.0 Å². The normalized spacial score (nSPS) is 12.6. The van der Waals surface area contributed by atoms with Crippen molar-refractivity contribution in [2.24, 2.45) is 7.05 Å². The molecule has 0 aliphatic heterocycles. The summed E-state index contributed by atoms with van der Waals surface area (Å²) in [5.41, 5.74) is 9.06. The lowest BCUT2D eigenvalue weighted by Gasteiger charge is -2.06. The van der Waals surface area contributed by atoms with Crippen molar-refractivity contribution in [3.8, 4) is 0 Å².